The van der Waals surface area contributed by atoms with E-state index in [1.807, 2.05) is 11.6 Å². The molecule has 12 heavy (non-hydrogen) atoms. The fourth-order valence-corrected chi connectivity index (χ4v) is 1.46. The van der Waals surface area contributed by atoms with E-state index in [0.717, 1.165) is 31.0 Å². The molecule has 1 aromatic heterocycles. The fourth-order valence-electron chi connectivity index (χ4n) is 1.46. The van der Waals surface area contributed by atoms with Gasteiger partial charge in [0, 0.05) is 12.5 Å². The van der Waals surface area contributed by atoms with Crippen LogP contribution in [0, 0.1) is 6.92 Å². The summed E-state index contributed by atoms with van der Waals surface area (Å²) in [5.41, 5.74) is 5.77. The predicted molar refractivity (Wildman–Crippen MR) is 48.3 cm³/mol. The van der Waals surface area contributed by atoms with Crippen molar-refractivity contribution in [1.29, 1.82) is 0 Å². The maximum atomic E-state index is 5.77. The monoisotopic (exact) mass is 188 g/mol. The molecule has 2 N–H and O–H groups in total. The van der Waals surface area contributed by atoms with Crippen LogP contribution in [0.4, 0.5) is 0 Å². The average Bonchev–Trinajstić information content (AvgIpc) is 2.27. The van der Waals surface area contributed by atoms with Gasteiger partial charge in [-0.05, 0) is 13.3 Å². The highest BCUT2D eigenvalue weighted by Crippen LogP contribution is 2.10. The van der Waals surface area contributed by atoms with Crippen LogP contribution in [0.3, 0.4) is 0 Å². The van der Waals surface area contributed by atoms with Gasteiger partial charge in [0.2, 0.25) is 0 Å². The van der Waals surface area contributed by atoms with Crippen molar-refractivity contribution in [2.24, 2.45) is 5.73 Å². The van der Waals surface area contributed by atoms with Gasteiger partial charge in [-0.15, -0.1) is 12.4 Å². The number of fused-ring (bicyclic) bond motifs is 1. The Morgan fingerprint density at radius 1 is 1.58 bits per heavy atom. The SMILES string of the molecule is Cc1nc2n(n1)CC(N)CC2.Cl. The minimum absolute atomic E-state index is 0. The molecule has 0 aromatic carbocycles. The Hall–Kier alpha value is -0.610. The molecule has 1 aliphatic rings. The fraction of sp³-hybridized carbons (Fsp3) is 0.714. The Morgan fingerprint density at radius 2 is 2.33 bits per heavy atom. The molecule has 1 aromatic rings. The summed E-state index contributed by atoms with van der Waals surface area (Å²) < 4.78 is 1.92. The molecule has 1 atom stereocenters. The van der Waals surface area contributed by atoms with Gasteiger partial charge in [0.15, 0.2) is 0 Å². The number of halogens is 1. The second-order valence-corrected chi connectivity index (χ2v) is 3.06. The summed E-state index contributed by atoms with van der Waals surface area (Å²) in [4.78, 5) is 4.28. The summed E-state index contributed by atoms with van der Waals surface area (Å²) in [6, 6.07) is 0.267. The van der Waals surface area contributed by atoms with Crippen molar-refractivity contribution in [2.45, 2.75) is 32.4 Å². The first-order valence-electron chi connectivity index (χ1n) is 3.91. The van der Waals surface area contributed by atoms with Crippen molar-refractivity contribution < 1.29 is 0 Å². The lowest BCUT2D eigenvalue weighted by Crippen LogP contribution is -2.32. The largest absolute Gasteiger partial charge is 0.326 e. The summed E-state index contributed by atoms with van der Waals surface area (Å²) in [5.74, 6) is 1.94. The van der Waals surface area contributed by atoms with E-state index in [1.165, 1.54) is 0 Å². The van der Waals surface area contributed by atoms with E-state index in [-0.39, 0.29) is 18.4 Å². The van der Waals surface area contributed by atoms with Crippen molar-refractivity contribution >= 4 is 12.4 Å². The van der Waals surface area contributed by atoms with Gasteiger partial charge in [0.25, 0.3) is 0 Å². The lowest BCUT2D eigenvalue weighted by atomic mass is 10.1. The minimum atomic E-state index is 0. The van der Waals surface area contributed by atoms with Crippen molar-refractivity contribution in [2.75, 3.05) is 0 Å². The normalized spacial score (nSPS) is 21.3. The zero-order valence-corrected chi connectivity index (χ0v) is 7.84. The number of nitrogens with zero attached hydrogens (tertiary/aromatic N) is 3. The topological polar surface area (TPSA) is 56.7 Å². The molecular formula is C7H13ClN4. The van der Waals surface area contributed by atoms with Gasteiger partial charge < -0.3 is 5.73 Å². The number of nitrogens with two attached hydrogens (primary N) is 1. The number of rotatable bonds is 0. The highest BCUT2D eigenvalue weighted by Gasteiger charge is 2.16. The van der Waals surface area contributed by atoms with E-state index in [9.17, 15) is 0 Å². The van der Waals surface area contributed by atoms with Crippen LogP contribution in [0.2, 0.25) is 0 Å². The Labute approximate surface area is 77.6 Å². The van der Waals surface area contributed by atoms with Crippen molar-refractivity contribution in [1.82, 2.24) is 14.8 Å². The molecule has 4 nitrogen and oxygen atoms in total. The first kappa shape index (κ1) is 9.48. The van der Waals surface area contributed by atoms with Crippen LogP contribution in [0.1, 0.15) is 18.1 Å². The smallest absolute Gasteiger partial charge is 0.147 e. The maximum Gasteiger partial charge on any atom is 0.147 e. The van der Waals surface area contributed by atoms with Crippen molar-refractivity contribution in [3.63, 3.8) is 0 Å². The van der Waals surface area contributed by atoms with E-state index in [2.05, 4.69) is 10.1 Å². The zero-order chi connectivity index (χ0) is 7.84. The second-order valence-electron chi connectivity index (χ2n) is 3.06. The van der Waals surface area contributed by atoms with Crippen LogP contribution in [0.15, 0.2) is 0 Å². The van der Waals surface area contributed by atoms with E-state index >= 15 is 0 Å². The molecule has 68 valence electrons. The molecule has 0 saturated carbocycles. The van der Waals surface area contributed by atoms with Crippen LogP contribution < -0.4 is 5.73 Å². The van der Waals surface area contributed by atoms with Crippen LogP contribution in [-0.4, -0.2) is 20.8 Å². The highest BCUT2D eigenvalue weighted by molar-refractivity contribution is 5.85. The standard InChI is InChI=1S/C7H12N4.ClH/c1-5-9-7-3-2-6(8)4-11(7)10-5;/h6H,2-4,8H2,1H3;1H. The van der Waals surface area contributed by atoms with Crippen LogP contribution in [-0.2, 0) is 13.0 Å². The van der Waals surface area contributed by atoms with Gasteiger partial charge in [-0.3, -0.25) is 0 Å². The van der Waals surface area contributed by atoms with Gasteiger partial charge in [-0.1, -0.05) is 0 Å². The Balaban J connectivity index is 0.000000720. The second kappa shape index (κ2) is 3.41. The third-order valence-electron chi connectivity index (χ3n) is 2.00. The van der Waals surface area contributed by atoms with Crippen LogP contribution >= 0.6 is 12.4 Å². The molecule has 1 unspecified atom stereocenters. The molecule has 1 aliphatic heterocycles. The summed E-state index contributed by atoms with van der Waals surface area (Å²) in [5, 5.41) is 4.23. The van der Waals surface area contributed by atoms with E-state index < -0.39 is 0 Å². The summed E-state index contributed by atoms with van der Waals surface area (Å²) >= 11 is 0. The summed E-state index contributed by atoms with van der Waals surface area (Å²) in [6.45, 7) is 2.74. The third kappa shape index (κ3) is 1.59. The molecule has 0 bridgehead atoms. The molecular weight excluding hydrogens is 176 g/mol. The van der Waals surface area contributed by atoms with E-state index in [4.69, 9.17) is 5.73 Å². The molecule has 0 saturated heterocycles. The molecule has 2 heterocycles. The van der Waals surface area contributed by atoms with Gasteiger partial charge >= 0.3 is 0 Å². The Bertz CT molecular complexity index is 270. The lowest BCUT2D eigenvalue weighted by molar-refractivity contribution is 0.421. The molecule has 5 heteroatoms. The molecule has 0 amide bonds. The summed E-state index contributed by atoms with van der Waals surface area (Å²) in [7, 11) is 0. The van der Waals surface area contributed by atoms with Crippen molar-refractivity contribution in [3.05, 3.63) is 11.6 Å². The molecule has 2 rings (SSSR count). The molecule has 0 spiro atoms. The average molecular weight is 189 g/mol. The van der Waals surface area contributed by atoms with Crippen molar-refractivity contribution in [3.8, 4) is 0 Å². The predicted octanol–water partition coefficient (Wildman–Crippen LogP) is 0.282. The first-order valence-corrected chi connectivity index (χ1v) is 3.91. The molecule has 0 fully saturated rings. The lowest BCUT2D eigenvalue weighted by Gasteiger charge is -2.17. The minimum Gasteiger partial charge on any atom is -0.326 e. The van der Waals surface area contributed by atoms with Gasteiger partial charge in [0.1, 0.15) is 11.6 Å². The van der Waals surface area contributed by atoms with Crippen LogP contribution in [0.5, 0.6) is 0 Å². The van der Waals surface area contributed by atoms with Gasteiger partial charge in [-0.2, -0.15) is 5.10 Å². The quantitative estimate of drug-likeness (QED) is 0.637. The van der Waals surface area contributed by atoms with Crippen LogP contribution in [0.25, 0.3) is 0 Å². The first-order chi connectivity index (χ1) is 5.25. The Kier molecular flexibility index (Phi) is 2.69. The number of aromatic nitrogens is 3. The number of hydrogen-bond donors (Lipinski definition) is 1. The zero-order valence-electron chi connectivity index (χ0n) is 7.03. The van der Waals surface area contributed by atoms with E-state index in [0.29, 0.717) is 0 Å². The van der Waals surface area contributed by atoms with Gasteiger partial charge in [0.05, 0.1) is 6.54 Å². The van der Waals surface area contributed by atoms with E-state index in [1.54, 1.807) is 0 Å². The highest BCUT2D eigenvalue weighted by atomic mass is 35.5. The summed E-state index contributed by atoms with van der Waals surface area (Å²) in [6.07, 6.45) is 2.01. The molecule has 0 radical (unpaired) electrons. The number of hydrogen-bond acceptors (Lipinski definition) is 3. The third-order valence-corrected chi connectivity index (χ3v) is 2.00. The Morgan fingerprint density at radius 3 is 3.08 bits per heavy atom. The number of aryl methyl sites for hydroxylation is 2. The molecule has 0 aliphatic carbocycles. The van der Waals surface area contributed by atoms with Gasteiger partial charge in [-0.25, -0.2) is 9.67 Å². The maximum absolute atomic E-state index is 5.77.